The zero-order valence-corrected chi connectivity index (χ0v) is 13.9. The van der Waals surface area contributed by atoms with Crippen LogP contribution in [-0.2, 0) is 4.79 Å². The fraction of sp³-hybridized carbons (Fsp3) is 0.316. The van der Waals surface area contributed by atoms with E-state index in [2.05, 4.69) is 28.5 Å². The maximum absolute atomic E-state index is 13.1. The molecule has 2 aliphatic rings. The van der Waals surface area contributed by atoms with E-state index in [-0.39, 0.29) is 5.91 Å². The van der Waals surface area contributed by atoms with E-state index in [0.717, 1.165) is 48.3 Å². The van der Waals surface area contributed by atoms with E-state index in [1.165, 1.54) is 5.57 Å². The first-order valence-electron chi connectivity index (χ1n) is 7.99. The minimum absolute atomic E-state index is 0.197. The Morgan fingerprint density at radius 1 is 1.17 bits per heavy atom. The summed E-state index contributed by atoms with van der Waals surface area (Å²) in [4.78, 5) is 15.1. The number of hydrogen-bond acceptors (Lipinski definition) is 3. The van der Waals surface area contributed by atoms with Crippen LogP contribution >= 0.6 is 11.3 Å². The number of ether oxygens (including phenoxy) is 1. The second-order valence-corrected chi connectivity index (χ2v) is 6.87. The highest BCUT2D eigenvalue weighted by Crippen LogP contribution is 2.41. The van der Waals surface area contributed by atoms with Crippen molar-refractivity contribution in [3.8, 4) is 5.75 Å². The predicted octanol–water partition coefficient (Wildman–Crippen LogP) is 4.06. The molecule has 3 heterocycles. The van der Waals surface area contributed by atoms with E-state index in [9.17, 15) is 4.79 Å². The molecule has 4 heteroatoms. The van der Waals surface area contributed by atoms with Crippen LogP contribution in [0.15, 0.2) is 41.1 Å². The Labute approximate surface area is 140 Å². The zero-order chi connectivity index (χ0) is 15.8. The van der Waals surface area contributed by atoms with Crippen LogP contribution in [-0.4, -0.2) is 30.5 Å². The van der Waals surface area contributed by atoms with Gasteiger partial charge in [-0.05, 0) is 64.9 Å². The molecule has 1 saturated heterocycles. The molecule has 0 spiro atoms. The van der Waals surface area contributed by atoms with E-state index >= 15 is 0 Å². The van der Waals surface area contributed by atoms with Gasteiger partial charge in [0.1, 0.15) is 5.75 Å². The Morgan fingerprint density at radius 3 is 2.70 bits per heavy atom. The minimum Gasteiger partial charge on any atom is -0.497 e. The van der Waals surface area contributed by atoms with Gasteiger partial charge in [0.2, 0.25) is 0 Å². The Balaban J connectivity index is 1.84. The number of carbonyl (C=O) groups excluding carboxylic acids is 1. The standard InChI is InChI=1S/C19H19NO2S/c1-22-16-6-4-13(5-7-16)17-11-15-3-2-9-20(15)19(21)18(17)14-8-10-23-12-14/h4-8,10,12,15H,2-3,9,11H2,1H3. The summed E-state index contributed by atoms with van der Waals surface area (Å²) in [7, 11) is 1.67. The number of benzene rings is 1. The lowest BCUT2D eigenvalue weighted by Gasteiger charge is -2.33. The molecule has 1 fully saturated rings. The molecule has 118 valence electrons. The first-order valence-corrected chi connectivity index (χ1v) is 8.93. The van der Waals surface area contributed by atoms with Crippen LogP contribution in [0.5, 0.6) is 5.75 Å². The second-order valence-electron chi connectivity index (χ2n) is 6.09. The fourth-order valence-electron chi connectivity index (χ4n) is 3.68. The molecule has 0 bridgehead atoms. The summed E-state index contributed by atoms with van der Waals surface area (Å²) in [6.07, 6.45) is 3.18. The van der Waals surface area contributed by atoms with Crippen molar-refractivity contribution in [1.29, 1.82) is 0 Å². The highest BCUT2D eigenvalue weighted by molar-refractivity contribution is 7.08. The normalized spacial score (nSPS) is 20.8. The van der Waals surface area contributed by atoms with Crippen LogP contribution in [0, 0.1) is 0 Å². The molecule has 3 nitrogen and oxygen atoms in total. The lowest BCUT2D eigenvalue weighted by atomic mass is 9.86. The molecule has 1 atom stereocenters. The number of nitrogens with zero attached hydrogens (tertiary/aromatic N) is 1. The molecule has 1 unspecified atom stereocenters. The molecular formula is C19H19NO2S. The summed E-state index contributed by atoms with van der Waals surface area (Å²) >= 11 is 1.64. The third-order valence-electron chi connectivity index (χ3n) is 4.84. The Hall–Kier alpha value is -2.07. The summed E-state index contributed by atoms with van der Waals surface area (Å²) in [5, 5.41) is 4.12. The molecule has 1 aromatic heterocycles. The van der Waals surface area contributed by atoms with Gasteiger partial charge in [-0.1, -0.05) is 12.1 Å². The predicted molar refractivity (Wildman–Crippen MR) is 93.5 cm³/mol. The third kappa shape index (κ3) is 2.47. The second kappa shape index (κ2) is 5.85. The number of fused-ring (bicyclic) bond motifs is 1. The van der Waals surface area contributed by atoms with Crippen LogP contribution in [0.1, 0.15) is 30.4 Å². The largest absolute Gasteiger partial charge is 0.497 e. The van der Waals surface area contributed by atoms with Crippen LogP contribution in [0.3, 0.4) is 0 Å². The summed E-state index contributed by atoms with van der Waals surface area (Å²) < 4.78 is 5.26. The van der Waals surface area contributed by atoms with Gasteiger partial charge in [-0.2, -0.15) is 11.3 Å². The summed E-state index contributed by atoms with van der Waals surface area (Å²) in [6.45, 7) is 0.896. The van der Waals surface area contributed by atoms with Crippen LogP contribution in [0.2, 0.25) is 0 Å². The summed E-state index contributed by atoms with van der Waals surface area (Å²) in [5.41, 5.74) is 4.25. The average Bonchev–Trinajstić information content (AvgIpc) is 3.26. The first-order chi connectivity index (χ1) is 11.3. The number of amides is 1. The highest BCUT2D eigenvalue weighted by Gasteiger charge is 2.37. The van der Waals surface area contributed by atoms with E-state index in [1.54, 1.807) is 18.4 Å². The fourth-order valence-corrected chi connectivity index (χ4v) is 4.33. The molecule has 23 heavy (non-hydrogen) atoms. The van der Waals surface area contributed by atoms with Gasteiger partial charge in [-0.15, -0.1) is 0 Å². The smallest absolute Gasteiger partial charge is 0.255 e. The Morgan fingerprint density at radius 2 is 2.00 bits per heavy atom. The van der Waals surface area contributed by atoms with Crippen molar-refractivity contribution in [3.05, 3.63) is 52.2 Å². The third-order valence-corrected chi connectivity index (χ3v) is 5.52. The van der Waals surface area contributed by atoms with Crippen molar-refractivity contribution < 1.29 is 9.53 Å². The van der Waals surface area contributed by atoms with E-state index < -0.39 is 0 Å². The number of methoxy groups -OCH3 is 1. The quantitative estimate of drug-likeness (QED) is 0.851. The zero-order valence-electron chi connectivity index (χ0n) is 13.1. The van der Waals surface area contributed by atoms with E-state index in [4.69, 9.17) is 4.74 Å². The number of thiophene rings is 1. The lowest BCUT2D eigenvalue weighted by molar-refractivity contribution is -0.126. The number of hydrogen-bond donors (Lipinski definition) is 0. The molecule has 0 saturated carbocycles. The van der Waals surface area contributed by atoms with Gasteiger partial charge in [0.05, 0.1) is 12.7 Å². The van der Waals surface area contributed by atoms with Gasteiger partial charge in [0.15, 0.2) is 0 Å². The van der Waals surface area contributed by atoms with Gasteiger partial charge in [0.25, 0.3) is 5.91 Å². The number of rotatable bonds is 3. The van der Waals surface area contributed by atoms with Crippen molar-refractivity contribution in [2.45, 2.75) is 25.3 Å². The molecule has 4 rings (SSSR count). The summed E-state index contributed by atoms with van der Waals surface area (Å²) in [6, 6.07) is 10.5. The van der Waals surface area contributed by atoms with Crippen molar-refractivity contribution in [1.82, 2.24) is 4.90 Å². The van der Waals surface area contributed by atoms with Gasteiger partial charge >= 0.3 is 0 Å². The molecule has 0 aliphatic carbocycles. The lowest BCUT2D eigenvalue weighted by Crippen LogP contribution is -2.39. The van der Waals surface area contributed by atoms with Crippen LogP contribution in [0.25, 0.3) is 11.1 Å². The molecule has 2 aliphatic heterocycles. The Kier molecular flexibility index (Phi) is 3.69. The van der Waals surface area contributed by atoms with Crippen molar-refractivity contribution in [2.24, 2.45) is 0 Å². The summed E-state index contributed by atoms with van der Waals surface area (Å²) in [5.74, 6) is 1.04. The van der Waals surface area contributed by atoms with Crippen molar-refractivity contribution >= 4 is 28.4 Å². The molecular weight excluding hydrogens is 306 g/mol. The Bertz CT molecular complexity index is 746. The maximum Gasteiger partial charge on any atom is 0.255 e. The highest BCUT2D eigenvalue weighted by atomic mass is 32.1. The molecule has 0 radical (unpaired) electrons. The van der Waals surface area contributed by atoms with Gasteiger partial charge in [-0.3, -0.25) is 4.79 Å². The average molecular weight is 325 g/mol. The number of carbonyl (C=O) groups is 1. The molecule has 1 amide bonds. The molecule has 1 aromatic carbocycles. The van der Waals surface area contributed by atoms with Gasteiger partial charge < -0.3 is 9.64 Å². The van der Waals surface area contributed by atoms with Crippen LogP contribution < -0.4 is 4.74 Å². The SMILES string of the molecule is COc1ccc(C2=C(c3ccsc3)C(=O)N3CCCC3C2)cc1. The van der Waals surface area contributed by atoms with Crippen molar-refractivity contribution in [3.63, 3.8) is 0 Å². The minimum atomic E-state index is 0.197. The first kappa shape index (κ1) is 14.5. The molecule has 2 aromatic rings. The molecule has 0 N–H and O–H groups in total. The topological polar surface area (TPSA) is 29.5 Å². The van der Waals surface area contributed by atoms with Gasteiger partial charge in [0, 0.05) is 12.6 Å². The maximum atomic E-state index is 13.1. The van der Waals surface area contributed by atoms with E-state index in [0.29, 0.717) is 6.04 Å². The van der Waals surface area contributed by atoms with Crippen molar-refractivity contribution in [2.75, 3.05) is 13.7 Å². The monoisotopic (exact) mass is 325 g/mol. The van der Waals surface area contributed by atoms with E-state index in [1.807, 2.05) is 17.5 Å². The van der Waals surface area contributed by atoms with Gasteiger partial charge in [-0.25, -0.2) is 0 Å². The van der Waals surface area contributed by atoms with Crippen LogP contribution in [0.4, 0.5) is 0 Å².